The van der Waals surface area contributed by atoms with Gasteiger partial charge in [-0.1, -0.05) is 17.8 Å². The van der Waals surface area contributed by atoms with E-state index in [4.69, 9.17) is 0 Å². The van der Waals surface area contributed by atoms with E-state index in [0.29, 0.717) is 5.56 Å². The van der Waals surface area contributed by atoms with Crippen LogP contribution in [0, 0.1) is 15.9 Å². The Hall–Kier alpha value is -1.96. The molecule has 18 heavy (non-hydrogen) atoms. The predicted octanol–water partition coefficient (Wildman–Crippen LogP) is 1.93. The highest BCUT2D eigenvalue weighted by atomic mass is 32.2. The number of rotatable bonds is 3. The lowest BCUT2D eigenvalue weighted by Gasteiger charge is -2.12. The summed E-state index contributed by atoms with van der Waals surface area (Å²) in [5.74, 6) is -1.25. The number of hydrogen-bond donors (Lipinski definition) is 0. The van der Waals surface area contributed by atoms with Gasteiger partial charge in [0.25, 0.3) is 5.24 Å². The van der Waals surface area contributed by atoms with Crippen molar-refractivity contribution in [1.29, 1.82) is 0 Å². The van der Waals surface area contributed by atoms with E-state index in [9.17, 15) is 24.1 Å². The van der Waals surface area contributed by atoms with Crippen LogP contribution in [0.25, 0.3) is 0 Å². The summed E-state index contributed by atoms with van der Waals surface area (Å²) in [7, 11) is 0. The van der Waals surface area contributed by atoms with Crippen molar-refractivity contribution < 1.29 is 18.9 Å². The van der Waals surface area contributed by atoms with Gasteiger partial charge in [-0.3, -0.25) is 24.6 Å². The van der Waals surface area contributed by atoms with Crippen molar-refractivity contribution in [1.82, 2.24) is 4.90 Å². The molecule has 94 valence electrons. The molecular weight excluding hydrogens is 263 g/mol. The number of carbonyl (C=O) groups excluding carboxylic acids is 2. The van der Waals surface area contributed by atoms with Gasteiger partial charge in [-0.15, -0.1) is 0 Å². The van der Waals surface area contributed by atoms with Crippen LogP contribution in [0.2, 0.25) is 0 Å². The molecule has 0 spiro atoms. The molecule has 0 bridgehead atoms. The van der Waals surface area contributed by atoms with Crippen LogP contribution in [0.1, 0.15) is 5.56 Å². The molecule has 0 unspecified atom stereocenters. The number of halogens is 1. The zero-order valence-electron chi connectivity index (χ0n) is 8.96. The molecule has 1 heterocycles. The fourth-order valence-corrected chi connectivity index (χ4v) is 2.24. The number of hydrogen-bond acceptors (Lipinski definition) is 5. The predicted molar refractivity (Wildman–Crippen MR) is 61.5 cm³/mol. The molecule has 1 saturated heterocycles. The molecule has 0 radical (unpaired) electrons. The molecule has 1 fully saturated rings. The van der Waals surface area contributed by atoms with Crippen molar-refractivity contribution in [2.24, 2.45) is 0 Å². The summed E-state index contributed by atoms with van der Waals surface area (Å²) >= 11 is 0.880. The summed E-state index contributed by atoms with van der Waals surface area (Å²) in [5, 5.41) is 10.0. The Labute approximate surface area is 105 Å². The summed E-state index contributed by atoms with van der Waals surface area (Å²) in [6.07, 6.45) is 0. The fourth-order valence-electron chi connectivity index (χ4n) is 1.51. The minimum atomic E-state index is -0.982. The van der Waals surface area contributed by atoms with Gasteiger partial charge in [-0.05, 0) is 11.6 Å². The van der Waals surface area contributed by atoms with E-state index in [1.807, 2.05) is 0 Å². The Balaban J connectivity index is 2.20. The van der Waals surface area contributed by atoms with Crippen LogP contribution in [0.15, 0.2) is 18.2 Å². The van der Waals surface area contributed by atoms with Crippen LogP contribution in [0.5, 0.6) is 0 Å². The van der Waals surface area contributed by atoms with Gasteiger partial charge in [-0.2, -0.15) is 4.39 Å². The Morgan fingerprint density at radius 2 is 2.17 bits per heavy atom. The summed E-state index contributed by atoms with van der Waals surface area (Å²) in [5.41, 5.74) is -0.297. The van der Waals surface area contributed by atoms with Crippen LogP contribution in [-0.4, -0.2) is 26.7 Å². The van der Waals surface area contributed by atoms with Crippen molar-refractivity contribution in [3.63, 3.8) is 0 Å². The highest BCUT2D eigenvalue weighted by molar-refractivity contribution is 8.14. The summed E-state index contributed by atoms with van der Waals surface area (Å²) in [6, 6.07) is 3.30. The molecular formula is C10H7FN2O4S. The lowest BCUT2D eigenvalue weighted by Crippen LogP contribution is -2.27. The Kier molecular flexibility index (Phi) is 3.28. The molecule has 6 nitrogen and oxygen atoms in total. The van der Waals surface area contributed by atoms with Gasteiger partial charge in [0.1, 0.15) is 0 Å². The van der Waals surface area contributed by atoms with Gasteiger partial charge >= 0.3 is 5.69 Å². The Morgan fingerprint density at radius 1 is 1.44 bits per heavy atom. The van der Waals surface area contributed by atoms with Gasteiger partial charge in [0.05, 0.1) is 17.2 Å². The number of carbonyl (C=O) groups is 2. The van der Waals surface area contributed by atoms with Gasteiger partial charge < -0.3 is 0 Å². The first kappa shape index (κ1) is 12.5. The largest absolute Gasteiger partial charge is 0.304 e. The number of nitro benzene ring substituents is 1. The van der Waals surface area contributed by atoms with Crippen molar-refractivity contribution >= 4 is 28.6 Å². The SMILES string of the molecule is O=C1CSC(=O)N1Cc1ccc([N+](=O)[O-])c(F)c1. The third-order valence-corrected chi connectivity index (χ3v) is 3.25. The molecule has 8 heteroatoms. The van der Waals surface area contributed by atoms with E-state index in [-0.39, 0.29) is 18.2 Å². The second kappa shape index (κ2) is 4.73. The molecule has 0 atom stereocenters. The maximum absolute atomic E-state index is 13.3. The molecule has 0 saturated carbocycles. The van der Waals surface area contributed by atoms with E-state index in [0.717, 1.165) is 28.8 Å². The molecule has 1 aromatic rings. The van der Waals surface area contributed by atoms with E-state index in [1.54, 1.807) is 0 Å². The third-order valence-electron chi connectivity index (χ3n) is 2.39. The molecule has 0 aromatic heterocycles. The number of nitrogens with zero attached hydrogens (tertiary/aromatic N) is 2. The number of benzene rings is 1. The Morgan fingerprint density at radius 3 is 2.67 bits per heavy atom. The molecule has 1 aliphatic heterocycles. The average Bonchev–Trinajstić information content (AvgIpc) is 2.60. The lowest BCUT2D eigenvalue weighted by molar-refractivity contribution is -0.387. The van der Waals surface area contributed by atoms with Gasteiger partial charge in [0, 0.05) is 6.07 Å². The lowest BCUT2D eigenvalue weighted by atomic mass is 10.2. The molecule has 2 rings (SSSR count). The van der Waals surface area contributed by atoms with Crippen LogP contribution in [-0.2, 0) is 11.3 Å². The van der Waals surface area contributed by atoms with Crippen LogP contribution >= 0.6 is 11.8 Å². The maximum atomic E-state index is 13.3. The van der Waals surface area contributed by atoms with Crippen LogP contribution < -0.4 is 0 Å². The second-order valence-corrected chi connectivity index (χ2v) is 4.50. The average molecular weight is 270 g/mol. The van der Waals surface area contributed by atoms with Gasteiger partial charge in [0.15, 0.2) is 0 Å². The van der Waals surface area contributed by atoms with Crippen molar-refractivity contribution in [2.45, 2.75) is 6.54 Å². The fraction of sp³-hybridized carbons (Fsp3) is 0.200. The summed E-state index contributed by atoms with van der Waals surface area (Å²) < 4.78 is 13.3. The first-order valence-electron chi connectivity index (χ1n) is 4.89. The standard InChI is InChI=1S/C10H7FN2O4S/c11-7-3-6(1-2-8(7)13(16)17)4-12-9(14)5-18-10(12)15/h1-3H,4-5H2. The minimum absolute atomic E-state index is 0.0699. The summed E-state index contributed by atoms with van der Waals surface area (Å²) in [6.45, 7) is -0.0699. The van der Waals surface area contributed by atoms with E-state index >= 15 is 0 Å². The molecule has 0 aliphatic carbocycles. The zero-order valence-corrected chi connectivity index (χ0v) is 9.78. The second-order valence-electron chi connectivity index (χ2n) is 3.58. The first-order chi connectivity index (χ1) is 8.49. The van der Waals surface area contributed by atoms with E-state index in [1.165, 1.54) is 6.07 Å². The number of thioether (sulfide) groups is 1. The molecule has 1 aromatic carbocycles. The smallest absolute Gasteiger partial charge is 0.273 e. The van der Waals surface area contributed by atoms with Crippen LogP contribution in [0.4, 0.5) is 14.9 Å². The monoisotopic (exact) mass is 270 g/mol. The van der Waals surface area contributed by atoms with Crippen molar-refractivity contribution in [3.8, 4) is 0 Å². The van der Waals surface area contributed by atoms with Gasteiger partial charge in [0.2, 0.25) is 11.7 Å². The van der Waals surface area contributed by atoms with Gasteiger partial charge in [-0.25, -0.2) is 0 Å². The number of amides is 2. The summed E-state index contributed by atoms with van der Waals surface area (Å²) in [4.78, 5) is 33.2. The normalized spacial score (nSPS) is 15.3. The Bertz CT molecular complexity index is 533. The third kappa shape index (κ3) is 2.33. The zero-order chi connectivity index (χ0) is 13.3. The highest BCUT2D eigenvalue weighted by Crippen LogP contribution is 2.23. The van der Waals surface area contributed by atoms with Crippen LogP contribution in [0.3, 0.4) is 0 Å². The highest BCUT2D eigenvalue weighted by Gasteiger charge is 2.30. The van der Waals surface area contributed by atoms with E-state index in [2.05, 4.69) is 0 Å². The van der Waals surface area contributed by atoms with E-state index < -0.39 is 21.7 Å². The topological polar surface area (TPSA) is 80.5 Å². The number of nitro groups is 1. The number of imide groups is 1. The minimum Gasteiger partial charge on any atom is -0.273 e. The maximum Gasteiger partial charge on any atom is 0.304 e. The van der Waals surface area contributed by atoms with Crippen molar-refractivity contribution in [2.75, 3.05) is 5.75 Å². The molecule has 1 aliphatic rings. The first-order valence-corrected chi connectivity index (χ1v) is 5.87. The van der Waals surface area contributed by atoms with Crippen molar-refractivity contribution in [3.05, 3.63) is 39.7 Å². The molecule has 2 amide bonds. The molecule has 0 N–H and O–H groups in total. The quantitative estimate of drug-likeness (QED) is 0.619.